The quantitative estimate of drug-likeness (QED) is 0.498. The van der Waals surface area contributed by atoms with Crippen LogP contribution in [0.15, 0.2) is 77.6 Å². The van der Waals surface area contributed by atoms with Crippen LogP contribution in [0.1, 0.15) is 11.1 Å². The van der Waals surface area contributed by atoms with Gasteiger partial charge in [-0.05, 0) is 23.3 Å². The molecule has 0 spiro atoms. The van der Waals surface area contributed by atoms with Gasteiger partial charge in [0, 0.05) is 11.9 Å². The number of nitriles is 1. The van der Waals surface area contributed by atoms with Crippen LogP contribution in [0.4, 0.5) is 5.69 Å². The third-order valence-corrected chi connectivity index (χ3v) is 4.91. The van der Waals surface area contributed by atoms with Crippen LogP contribution in [0.5, 0.6) is 0 Å². The monoisotopic (exact) mass is 385 g/mol. The number of aromatic nitrogens is 1. The van der Waals surface area contributed by atoms with Gasteiger partial charge in [-0.1, -0.05) is 72.3 Å². The zero-order valence-corrected chi connectivity index (χ0v) is 15.6. The fraction of sp³-hybridized carbons (Fsp3) is 0.0435. The minimum atomic E-state index is -0.213. The lowest BCUT2D eigenvalue weighted by Gasteiger charge is -2.16. The van der Waals surface area contributed by atoms with Crippen molar-refractivity contribution in [2.75, 3.05) is 5.32 Å². The first-order chi connectivity index (χ1) is 13.7. The maximum Gasteiger partial charge on any atom is 0.258 e. The van der Waals surface area contributed by atoms with Gasteiger partial charge in [0.15, 0.2) is 0 Å². The van der Waals surface area contributed by atoms with Gasteiger partial charge in [0.2, 0.25) is 0 Å². The Labute approximate surface area is 167 Å². The van der Waals surface area contributed by atoms with E-state index in [9.17, 15) is 10.1 Å². The molecule has 4 nitrogen and oxygen atoms in total. The molecule has 0 saturated heterocycles. The lowest BCUT2D eigenvalue weighted by molar-refractivity contribution is 1.15. The van der Waals surface area contributed by atoms with Gasteiger partial charge in [-0.2, -0.15) is 5.26 Å². The molecule has 0 aliphatic carbocycles. The minimum Gasteiger partial charge on any atom is -0.380 e. The predicted molar refractivity (Wildman–Crippen MR) is 113 cm³/mol. The Hall–Kier alpha value is -3.55. The number of nitrogens with one attached hydrogen (secondary N) is 2. The number of hydrogen-bond donors (Lipinski definition) is 2. The Morgan fingerprint density at radius 2 is 1.68 bits per heavy atom. The van der Waals surface area contributed by atoms with Gasteiger partial charge >= 0.3 is 0 Å². The summed E-state index contributed by atoms with van der Waals surface area (Å²) in [5.41, 5.74) is 3.85. The summed E-state index contributed by atoms with van der Waals surface area (Å²) in [4.78, 5) is 15.8. The van der Waals surface area contributed by atoms with E-state index in [-0.39, 0.29) is 5.56 Å². The molecule has 1 aromatic heterocycles. The van der Waals surface area contributed by atoms with Gasteiger partial charge in [0.1, 0.15) is 6.07 Å². The molecule has 0 amide bonds. The number of rotatable bonds is 4. The van der Waals surface area contributed by atoms with Crippen molar-refractivity contribution in [1.82, 2.24) is 4.98 Å². The van der Waals surface area contributed by atoms with Crippen LogP contribution in [-0.4, -0.2) is 4.98 Å². The van der Waals surface area contributed by atoms with E-state index < -0.39 is 0 Å². The summed E-state index contributed by atoms with van der Waals surface area (Å²) in [5.74, 6) is 0. The second kappa shape index (κ2) is 7.59. The molecular weight excluding hydrogens is 370 g/mol. The summed E-state index contributed by atoms with van der Waals surface area (Å²) in [6.07, 6.45) is 0. The Balaban J connectivity index is 1.96. The molecule has 4 rings (SSSR count). The molecule has 4 aromatic rings. The Morgan fingerprint density at radius 1 is 1.00 bits per heavy atom. The molecule has 28 heavy (non-hydrogen) atoms. The Morgan fingerprint density at radius 3 is 2.36 bits per heavy atom. The number of anilines is 1. The fourth-order valence-electron chi connectivity index (χ4n) is 3.25. The molecule has 0 aliphatic rings. The maximum absolute atomic E-state index is 12.9. The topological polar surface area (TPSA) is 68.7 Å². The minimum absolute atomic E-state index is 0.213. The first kappa shape index (κ1) is 17.8. The van der Waals surface area contributed by atoms with Crippen LogP contribution in [0.2, 0.25) is 5.02 Å². The summed E-state index contributed by atoms with van der Waals surface area (Å²) in [6, 6.07) is 24.9. The third kappa shape index (κ3) is 3.36. The van der Waals surface area contributed by atoms with E-state index in [1.807, 2.05) is 60.7 Å². The first-order valence-electron chi connectivity index (χ1n) is 8.80. The fourth-order valence-corrected chi connectivity index (χ4v) is 3.46. The van der Waals surface area contributed by atoms with E-state index in [4.69, 9.17) is 11.6 Å². The highest BCUT2D eigenvalue weighted by molar-refractivity contribution is 6.32. The molecule has 0 atom stereocenters. The van der Waals surface area contributed by atoms with Gasteiger partial charge in [0.25, 0.3) is 5.56 Å². The van der Waals surface area contributed by atoms with Crippen LogP contribution in [0.3, 0.4) is 0 Å². The molecule has 0 fully saturated rings. The van der Waals surface area contributed by atoms with Crippen LogP contribution in [-0.2, 0) is 6.54 Å². The lowest BCUT2D eigenvalue weighted by Crippen LogP contribution is -2.14. The summed E-state index contributed by atoms with van der Waals surface area (Å²) >= 11 is 6.17. The van der Waals surface area contributed by atoms with Gasteiger partial charge in [-0.3, -0.25) is 4.79 Å². The number of benzene rings is 3. The summed E-state index contributed by atoms with van der Waals surface area (Å²) in [6.45, 7) is 0.545. The molecule has 0 saturated carbocycles. The third-order valence-electron chi connectivity index (χ3n) is 4.60. The number of hydrogen-bond acceptors (Lipinski definition) is 3. The van der Waals surface area contributed by atoms with Crippen molar-refractivity contribution < 1.29 is 0 Å². The summed E-state index contributed by atoms with van der Waals surface area (Å²) in [7, 11) is 0. The van der Waals surface area contributed by atoms with E-state index in [0.29, 0.717) is 33.9 Å². The predicted octanol–water partition coefficient (Wildman–Crippen LogP) is 5.33. The van der Waals surface area contributed by atoms with Gasteiger partial charge in [-0.25, -0.2) is 0 Å². The number of halogens is 1. The number of pyridine rings is 1. The maximum atomic E-state index is 12.9. The van der Waals surface area contributed by atoms with Crippen LogP contribution < -0.4 is 10.9 Å². The Bertz CT molecular complexity index is 1240. The summed E-state index contributed by atoms with van der Waals surface area (Å²) < 4.78 is 0. The van der Waals surface area contributed by atoms with E-state index in [1.54, 1.807) is 12.1 Å². The standard InChI is InChI=1S/C23H16ClN3O/c24-19-12-20-18(11-17(19)13-25)22(26-14-15-7-3-1-4-8-15)21(23(28)27-20)16-9-5-2-6-10-16/h1-12H,14H2,(H2,26,27,28). The van der Waals surface area contributed by atoms with E-state index >= 15 is 0 Å². The molecule has 3 aromatic carbocycles. The zero-order valence-electron chi connectivity index (χ0n) is 14.9. The van der Waals surface area contributed by atoms with Crippen molar-refractivity contribution in [3.05, 3.63) is 99.3 Å². The average molecular weight is 386 g/mol. The van der Waals surface area contributed by atoms with E-state index in [0.717, 1.165) is 16.5 Å². The van der Waals surface area contributed by atoms with Gasteiger partial charge < -0.3 is 10.3 Å². The second-order valence-electron chi connectivity index (χ2n) is 6.40. The van der Waals surface area contributed by atoms with Crippen molar-refractivity contribution in [3.8, 4) is 17.2 Å². The van der Waals surface area contributed by atoms with E-state index in [1.165, 1.54) is 0 Å². The highest BCUT2D eigenvalue weighted by atomic mass is 35.5. The molecule has 0 aliphatic heterocycles. The largest absolute Gasteiger partial charge is 0.380 e. The van der Waals surface area contributed by atoms with Crippen LogP contribution in [0.25, 0.3) is 22.0 Å². The zero-order chi connectivity index (χ0) is 19.5. The lowest BCUT2D eigenvalue weighted by atomic mass is 10.0. The molecule has 1 heterocycles. The van der Waals surface area contributed by atoms with Crippen molar-refractivity contribution >= 4 is 28.2 Å². The van der Waals surface area contributed by atoms with E-state index in [2.05, 4.69) is 16.4 Å². The van der Waals surface area contributed by atoms with Gasteiger partial charge in [0.05, 0.1) is 27.4 Å². The molecule has 136 valence electrons. The number of H-pyrrole nitrogens is 1. The normalized spacial score (nSPS) is 10.6. The Kier molecular flexibility index (Phi) is 4.84. The highest BCUT2D eigenvalue weighted by Gasteiger charge is 2.16. The molecule has 0 radical (unpaired) electrons. The molecular formula is C23H16ClN3O. The first-order valence-corrected chi connectivity index (χ1v) is 9.18. The number of fused-ring (bicyclic) bond motifs is 1. The summed E-state index contributed by atoms with van der Waals surface area (Å²) in [5, 5.41) is 13.9. The molecule has 0 unspecified atom stereocenters. The van der Waals surface area contributed by atoms with Crippen molar-refractivity contribution in [1.29, 1.82) is 5.26 Å². The highest BCUT2D eigenvalue weighted by Crippen LogP contribution is 2.33. The van der Waals surface area contributed by atoms with Crippen molar-refractivity contribution in [2.24, 2.45) is 0 Å². The molecule has 0 bridgehead atoms. The van der Waals surface area contributed by atoms with Gasteiger partial charge in [-0.15, -0.1) is 0 Å². The number of aromatic amines is 1. The van der Waals surface area contributed by atoms with Crippen LogP contribution in [0, 0.1) is 11.3 Å². The molecule has 2 N–H and O–H groups in total. The van der Waals surface area contributed by atoms with Crippen molar-refractivity contribution in [3.63, 3.8) is 0 Å². The SMILES string of the molecule is N#Cc1cc2c(NCc3ccccc3)c(-c3ccccc3)c(=O)[nH]c2cc1Cl. The van der Waals surface area contributed by atoms with Crippen molar-refractivity contribution in [2.45, 2.75) is 6.54 Å². The smallest absolute Gasteiger partial charge is 0.258 e. The average Bonchev–Trinajstić information content (AvgIpc) is 2.72. The number of nitrogens with zero attached hydrogens (tertiary/aromatic N) is 1. The van der Waals surface area contributed by atoms with Crippen LogP contribution >= 0.6 is 11.6 Å². The molecule has 5 heteroatoms. The second-order valence-corrected chi connectivity index (χ2v) is 6.81.